The van der Waals surface area contributed by atoms with Crippen LogP contribution < -0.4 is 0 Å². The zero-order chi connectivity index (χ0) is 6.41. The molecule has 0 aliphatic rings. The summed E-state index contributed by atoms with van der Waals surface area (Å²) in [7, 11) is 1.51. The topological polar surface area (TPSA) is 62.7 Å². The Balaban J connectivity index is -0.000000245. The van der Waals surface area contributed by atoms with Crippen molar-refractivity contribution in [2.75, 3.05) is 13.3 Å². The van der Waals surface area contributed by atoms with E-state index in [1.54, 1.807) is 6.26 Å². The Labute approximate surface area is 89.5 Å². The summed E-state index contributed by atoms with van der Waals surface area (Å²) in [5.74, 6) is 0. The van der Waals surface area contributed by atoms with Gasteiger partial charge in [-0.1, -0.05) is 0 Å². The third-order valence-electron chi connectivity index (χ3n) is 0.418. The van der Waals surface area contributed by atoms with E-state index in [1.165, 1.54) is 18.8 Å². The van der Waals surface area contributed by atoms with Crippen LogP contribution in [0.2, 0.25) is 0 Å². The summed E-state index contributed by atoms with van der Waals surface area (Å²) in [5.41, 5.74) is 3.37. The summed E-state index contributed by atoms with van der Waals surface area (Å²) >= 11 is 1.23. The molecular weight excluding hydrogens is 374 g/mol. The molecule has 0 aliphatic heterocycles. The maximum Gasteiger partial charge on any atom is 2.00 e. The smallest absolute Gasteiger partial charge is 0.406 e. The van der Waals surface area contributed by atoms with E-state index in [4.69, 9.17) is 5.41 Å². The summed E-state index contributed by atoms with van der Waals surface area (Å²) in [6.45, 7) is 0. The average Bonchev–Trinajstić information content (AvgIpc) is 1.83. The van der Waals surface area contributed by atoms with Crippen LogP contribution in [-0.4, -0.2) is 18.5 Å². The van der Waals surface area contributed by atoms with Crippen LogP contribution in [0.25, 0.3) is 5.43 Å². The molecule has 0 heterocycles. The molecule has 56 valence electrons. The molecule has 0 atom stereocenters. The van der Waals surface area contributed by atoms with Gasteiger partial charge in [-0.05, 0) is 13.3 Å². The molecular formula is C4H10N4SU. The fourth-order valence-electron chi connectivity index (χ4n) is 0.126. The van der Waals surface area contributed by atoms with E-state index in [2.05, 4.69) is 15.8 Å². The van der Waals surface area contributed by atoms with Gasteiger partial charge >= 0.3 is 31.1 Å². The van der Waals surface area contributed by atoms with Crippen molar-refractivity contribution in [1.82, 2.24) is 0 Å². The van der Waals surface area contributed by atoms with Gasteiger partial charge in [-0.3, -0.25) is 5.43 Å². The van der Waals surface area contributed by atoms with Gasteiger partial charge in [0.2, 0.25) is 0 Å². The van der Waals surface area contributed by atoms with Crippen LogP contribution in [0.4, 0.5) is 0 Å². The molecule has 0 amide bonds. The molecule has 4 nitrogen and oxygen atoms in total. The number of rotatable bonds is 1. The second-order valence-corrected chi connectivity index (χ2v) is 1.69. The molecule has 0 aliphatic carbocycles. The SMILES string of the molecule is CN=N[N-]C(=N)SC.[CH3-].[U+2]. The van der Waals surface area contributed by atoms with Crippen molar-refractivity contribution >= 4 is 16.9 Å². The molecule has 0 rings (SSSR count). The number of thioether (sulfide) groups is 1. The van der Waals surface area contributed by atoms with E-state index in [0.717, 1.165) is 0 Å². The third kappa shape index (κ3) is 11.3. The maximum absolute atomic E-state index is 6.88. The van der Waals surface area contributed by atoms with Crippen molar-refractivity contribution < 1.29 is 31.1 Å². The Hall–Kier alpha value is 0.472. The molecule has 0 aromatic rings. The standard InChI is InChI=1S/C3H7N4S.CH3.U/c1-5-7-6-3(4)8-2;;/h1-2H3,(H-,4,5,6);1H3;/q2*-1;+2. The molecule has 0 unspecified atom stereocenters. The first-order valence-electron chi connectivity index (χ1n) is 1.93. The van der Waals surface area contributed by atoms with Crippen LogP contribution in [0.15, 0.2) is 10.3 Å². The molecule has 0 aromatic heterocycles. The Morgan fingerprint density at radius 2 is 2.10 bits per heavy atom. The van der Waals surface area contributed by atoms with Crippen LogP contribution in [-0.2, 0) is 0 Å². The molecule has 0 radical (unpaired) electrons. The second kappa shape index (κ2) is 12.2. The first kappa shape index (κ1) is 16.8. The molecule has 0 bridgehead atoms. The van der Waals surface area contributed by atoms with Crippen molar-refractivity contribution in [3.8, 4) is 0 Å². The van der Waals surface area contributed by atoms with Gasteiger partial charge in [0.25, 0.3) is 0 Å². The second-order valence-electron chi connectivity index (χ2n) is 0.899. The van der Waals surface area contributed by atoms with E-state index < -0.39 is 0 Å². The summed E-state index contributed by atoms with van der Waals surface area (Å²) in [6.07, 6.45) is 1.76. The van der Waals surface area contributed by atoms with Gasteiger partial charge in [-0.25, -0.2) is 0 Å². The van der Waals surface area contributed by atoms with Crippen LogP contribution in [0, 0.1) is 43.9 Å². The predicted octanol–water partition coefficient (Wildman–Crippen LogP) is 2.11. The van der Waals surface area contributed by atoms with Crippen LogP contribution in [0.3, 0.4) is 0 Å². The Kier molecular flexibility index (Phi) is 20.5. The van der Waals surface area contributed by atoms with Crippen molar-refractivity contribution in [2.45, 2.75) is 0 Å². The van der Waals surface area contributed by atoms with Crippen molar-refractivity contribution in [1.29, 1.82) is 5.41 Å². The number of hydrogen-bond donors (Lipinski definition) is 1. The van der Waals surface area contributed by atoms with Crippen LogP contribution >= 0.6 is 11.8 Å². The summed E-state index contributed by atoms with van der Waals surface area (Å²) in [6, 6.07) is 0. The summed E-state index contributed by atoms with van der Waals surface area (Å²) in [4.78, 5) is 0. The van der Waals surface area contributed by atoms with Gasteiger partial charge in [0, 0.05) is 0 Å². The maximum atomic E-state index is 6.88. The molecule has 1 N–H and O–H groups in total. The zero-order valence-corrected chi connectivity index (χ0v) is 11.2. The van der Waals surface area contributed by atoms with Crippen LogP contribution in [0.5, 0.6) is 0 Å². The minimum absolute atomic E-state index is 0. The Morgan fingerprint density at radius 1 is 1.60 bits per heavy atom. The van der Waals surface area contributed by atoms with Gasteiger partial charge < -0.3 is 18.0 Å². The fourth-order valence-corrected chi connectivity index (χ4v) is 0.244. The minimum Gasteiger partial charge on any atom is -0.406 e. The number of amidine groups is 1. The number of nitrogens with one attached hydrogen (secondary N) is 1. The third-order valence-corrected chi connectivity index (χ3v) is 0.887. The van der Waals surface area contributed by atoms with E-state index in [0.29, 0.717) is 0 Å². The quantitative estimate of drug-likeness (QED) is 0.243. The number of nitrogens with zero attached hydrogens (tertiary/aromatic N) is 3. The Bertz CT molecular complexity index is 105. The minimum atomic E-state index is 0. The number of hydrogen-bond acceptors (Lipinski definition) is 4. The molecule has 0 spiro atoms. The Morgan fingerprint density at radius 3 is 2.40 bits per heavy atom. The molecule has 0 aromatic carbocycles. The van der Waals surface area contributed by atoms with Crippen molar-refractivity contribution in [3.05, 3.63) is 12.9 Å². The summed E-state index contributed by atoms with van der Waals surface area (Å²) < 4.78 is 0. The van der Waals surface area contributed by atoms with Gasteiger partial charge in [-0.2, -0.15) is 5.22 Å². The molecule has 0 saturated carbocycles. The zero-order valence-electron chi connectivity index (χ0n) is 6.25. The van der Waals surface area contributed by atoms with Gasteiger partial charge in [0.1, 0.15) is 0 Å². The predicted molar refractivity (Wildman–Crippen MR) is 41.8 cm³/mol. The monoisotopic (exact) mass is 384 g/mol. The van der Waals surface area contributed by atoms with E-state index in [-0.39, 0.29) is 43.7 Å². The van der Waals surface area contributed by atoms with Crippen molar-refractivity contribution in [3.63, 3.8) is 0 Å². The molecule has 0 saturated heterocycles. The molecule has 10 heavy (non-hydrogen) atoms. The normalized spacial score (nSPS) is 7.80. The average molecular weight is 384 g/mol. The van der Waals surface area contributed by atoms with Crippen molar-refractivity contribution in [2.24, 2.45) is 10.3 Å². The van der Waals surface area contributed by atoms with E-state index >= 15 is 0 Å². The van der Waals surface area contributed by atoms with Gasteiger partial charge in [-0.15, -0.1) is 11.8 Å². The van der Waals surface area contributed by atoms with Crippen LogP contribution in [0.1, 0.15) is 0 Å². The van der Waals surface area contributed by atoms with Gasteiger partial charge in [0.05, 0.1) is 5.17 Å². The van der Waals surface area contributed by atoms with E-state index in [9.17, 15) is 0 Å². The first-order chi connectivity index (χ1) is 3.81. The molecule has 0 fully saturated rings. The van der Waals surface area contributed by atoms with Gasteiger partial charge in [0.15, 0.2) is 0 Å². The van der Waals surface area contributed by atoms with E-state index in [1.807, 2.05) is 0 Å². The summed E-state index contributed by atoms with van der Waals surface area (Å²) in [5, 5.41) is 13.6. The fraction of sp³-hybridized carbons (Fsp3) is 0.500. The first-order valence-corrected chi connectivity index (χ1v) is 3.16. The largest absolute Gasteiger partial charge is 2.00 e. The molecule has 6 heteroatoms.